The third-order valence-corrected chi connectivity index (χ3v) is 4.15. The minimum absolute atomic E-state index is 0.138. The Bertz CT molecular complexity index is 761. The van der Waals surface area contributed by atoms with E-state index in [1.54, 1.807) is 16.8 Å². The summed E-state index contributed by atoms with van der Waals surface area (Å²) in [4.78, 5) is 22.6. The van der Waals surface area contributed by atoms with Crippen LogP contribution in [0.3, 0.4) is 0 Å². The Balaban J connectivity index is 1.98. The molecule has 0 aliphatic carbocycles. The number of H-pyrrole nitrogens is 1. The maximum Gasteiger partial charge on any atom is 0.207 e. The van der Waals surface area contributed by atoms with Gasteiger partial charge in [-0.1, -0.05) is 19.9 Å². The molecule has 5 nitrogen and oxygen atoms in total. The lowest BCUT2D eigenvalue weighted by molar-refractivity contribution is -0.109. The van der Waals surface area contributed by atoms with E-state index in [0.29, 0.717) is 6.54 Å². The standard InChI is InChI=1S/C15H16N4OS/c1-15(2,7-16-8-20)10-3-4-11-12(5-10)19-14(18-11)13-6-21-9-17-13/h3-6,8-9H,7H2,1-2H3,(H,16,20)(H,18,19). The number of hydrogen-bond donors (Lipinski definition) is 2. The van der Waals surface area contributed by atoms with E-state index in [-0.39, 0.29) is 5.41 Å². The molecule has 0 fully saturated rings. The molecule has 0 aliphatic rings. The maximum atomic E-state index is 10.5. The number of rotatable bonds is 5. The lowest BCUT2D eigenvalue weighted by Gasteiger charge is -2.24. The van der Waals surface area contributed by atoms with Gasteiger partial charge in [0.2, 0.25) is 6.41 Å². The molecule has 0 spiro atoms. The van der Waals surface area contributed by atoms with E-state index in [9.17, 15) is 4.79 Å². The molecule has 3 rings (SSSR count). The van der Waals surface area contributed by atoms with E-state index in [1.807, 2.05) is 11.4 Å². The number of imidazole rings is 1. The van der Waals surface area contributed by atoms with Crippen LogP contribution in [0.15, 0.2) is 29.1 Å². The third-order valence-electron chi connectivity index (χ3n) is 3.57. The number of carbonyl (C=O) groups excluding carboxylic acids is 1. The van der Waals surface area contributed by atoms with Crippen LogP contribution in [0.1, 0.15) is 19.4 Å². The van der Waals surface area contributed by atoms with Crippen molar-refractivity contribution in [2.24, 2.45) is 0 Å². The normalized spacial score (nSPS) is 11.7. The topological polar surface area (TPSA) is 70.7 Å². The summed E-state index contributed by atoms with van der Waals surface area (Å²) in [5, 5.41) is 4.72. The van der Waals surface area contributed by atoms with Gasteiger partial charge in [-0.2, -0.15) is 0 Å². The first-order valence-electron chi connectivity index (χ1n) is 6.66. The first-order valence-corrected chi connectivity index (χ1v) is 7.60. The number of hydrogen-bond acceptors (Lipinski definition) is 4. The van der Waals surface area contributed by atoms with Crippen molar-refractivity contribution in [2.75, 3.05) is 6.54 Å². The number of nitrogens with zero attached hydrogens (tertiary/aromatic N) is 2. The SMILES string of the molecule is CC(C)(CNC=O)c1ccc2nc(-c3cscn3)[nH]c2c1. The number of fused-ring (bicyclic) bond motifs is 1. The van der Waals surface area contributed by atoms with E-state index in [4.69, 9.17) is 0 Å². The van der Waals surface area contributed by atoms with Crippen LogP contribution in [0, 0.1) is 0 Å². The zero-order valence-corrected chi connectivity index (χ0v) is 12.7. The predicted molar refractivity (Wildman–Crippen MR) is 84.3 cm³/mol. The second kappa shape index (κ2) is 5.29. The quantitative estimate of drug-likeness (QED) is 0.712. The zero-order valence-electron chi connectivity index (χ0n) is 11.9. The number of carbonyl (C=O) groups is 1. The Hall–Kier alpha value is -2.21. The molecule has 0 radical (unpaired) electrons. The summed E-state index contributed by atoms with van der Waals surface area (Å²) in [7, 11) is 0. The highest BCUT2D eigenvalue weighted by atomic mass is 32.1. The Morgan fingerprint density at radius 1 is 1.43 bits per heavy atom. The van der Waals surface area contributed by atoms with Gasteiger partial charge in [-0.05, 0) is 17.7 Å². The molecule has 6 heteroatoms. The van der Waals surface area contributed by atoms with Crippen molar-refractivity contribution >= 4 is 28.8 Å². The van der Waals surface area contributed by atoms with Gasteiger partial charge >= 0.3 is 0 Å². The van der Waals surface area contributed by atoms with E-state index >= 15 is 0 Å². The van der Waals surface area contributed by atoms with Crippen LogP contribution >= 0.6 is 11.3 Å². The average molecular weight is 300 g/mol. The van der Waals surface area contributed by atoms with Crippen LogP contribution in [0.4, 0.5) is 0 Å². The molecule has 21 heavy (non-hydrogen) atoms. The van der Waals surface area contributed by atoms with Gasteiger partial charge in [-0.15, -0.1) is 11.3 Å². The van der Waals surface area contributed by atoms with Crippen LogP contribution < -0.4 is 5.32 Å². The predicted octanol–water partition coefficient (Wildman–Crippen LogP) is 2.71. The van der Waals surface area contributed by atoms with Crippen LogP contribution in [0.5, 0.6) is 0 Å². The van der Waals surface area contributed by atoms with Gasteiger partial charge in [-0.25, -0.2) is 9.97 Å². The smallest absolute Gasteiger partial charge is 0.207 e. The number of amides is 1. The summed E-state index contributed by atoms with van der Waals surface area (Å²) in [5.41, 5.74) is 5.57. The van der Waals surface area contributed by atoms with Gasteiger partial charge in [0.15, 0.2) is 5.82 Å². The monoisotopic (exact) mass is 300 g/mol. The van der Waals surface area contributed by atoms with Gasteiger partial charge in [-0.3, -0.25) is 4.79 Å². The van der Waals surface area contributed by atoms with Gasteiger partial charge in [0.05, 0.1) is 16.5 Å². The second-order valence-electron chi connectivity index (χ2n) is 5.57. The fraction of sp³-hybridized carbons (Fsp3) is 0.267. The summed E-state index contributed by atoms with van der Waals surface area (Å²) >= 11 is 1.55. The molecule has 0 saturated carbocycles. The van der Waals surface area contributed by atoms with Crippen molar-refractivity contribution < 1.29 is 4.79 Å². The molecule has 108 valence electrons. The van der Waals surface area contributed by atoms with Crippen LogP contribution in [-0.4, -0.2) is 27.9 Å². The summed E-state index contributed by atoms with van der Waals surface area (Å²) in [6.07, 6.45) is 0.733. The first-order chi connectivity index (χ1) is 10.1. The highest BCUT2D eigenvalue weighted by Gasteiger charge is 2.21. The lowest BCUT2D eigenvalue weighted by atomic mass is 9.84. The van der Waals surface area contributed by atoms with E-state index in [0.717, 1.165) is 34.5 Å². The minimum atomic E-state index is -0.138. The van der Waals surface area contributed by atoms with Gasteiger partial charge in [0.25, 0.3) is 0 Å². The molecule has 1 amide bonds. The third kappa shape index (κ3) is 2.67. The average Bonchev–Trinajstić information content (AvgIpc) is 3.12. The first kappa shape index (κ1) is 13.8. The van der Waals surface area contributed by atoms with Crippen molar-refractivity contribution in [1.82, 2.24) is 20.3 Å². The Morgan fingerprint density at radius 2 is 2.29 bits per heavy atom. The Kier molecular flexibility index (Phi) is 3.47. The van der Waals surface area contributed by atoms with Crippen LogP contribution in [0.25, 0.3) is 22.6 Å². The van der Waals surface area contributed by atoms with E-state index < -0.39 is 0 Å². The fourth-order valence-electron chi connectivity index (χ4n) is 2.28. The van der Waals surface area contributed by atoms with Crippen LogP contribution in [-0.2, 0) is 10.2 Å². The van der Waals surface area contributed by atoms with Gasteiger partial charge in [0.1, 0.15) is 5.69 Å². The molecular weight excluding hydrogens is 284 g/mol. The highest BCUT2D eigenvalue weighted by molar-refractivity contribution is 7.07. The van der Waals surface area contributed by atoms with Gasteiger partial charge in [0, 0.05) is 17.3 Å². The van der Waals surface area contributed by atoms with Crippen molar-refractivity contribution in [2.45, 2.75) is 19.3 Å². The highest BCUT2D eigenvalue weighted by Crippen LogP contribution is 2.27. The Labute approximate surface area is 126 Å². The molecule has 0 saturated heterocycles. The molecule has 0 atom stereocenters. The van der Waals surface area contributed by atoms with Crippen molar-refractivity contribution in [3.8, 4) is 11.5 Å². The molecule has 0 unspecified atom stereocenters. The van der Waals surface area contributed by atoms with Crippen molar-refractivity contribution in [3.05, 3.63) is 34.7 Å². The molecule has 2 N–H and O–H groups in total. The number of aromatic nitrogens is 3. The molecular formula is C15H16N4OS. The molecule has 0 aliphatic heterocycles. The molecule has 2 aromatic heterocycles. The Morgan fingerprint density at radius 3 is 3.00 bits per heavy atom. The number of thiazole rings is 1. The zero-order chi connectivity index (χ0) is 14.9. The second-order valence-corrected chi connectivity index (χ2v) is 6.29. The maximum absolute atomic E-state index is 10.5. The fourth-order valence-corrected chi connectivity index (χ4v) is 2.82. The largest absolute Gasteiger partial charge is 0.358 e. The molecule has 0 bridgehead atoms. The van der Waals surface area contributed by atoms with E-state index in [1.165, 1.54) is 0 Å². The molecule has 1 aromatic carbocycles. The van der Waals surface area contributed by atoms with Crippen molar-refractivity contribution in [3.63, 3.8) is 0 Å². The molecule has 2 heterocycles. The number of benzene rings is 1. The summed E-state index contributed by atoms with van der Waals surface area (Å²) in [6.45, 7) is 4.79. The number of aromatic amines is 1. The summed E-state index contributed by atoms with van der Waals surface area (Å²) < 4.78 is 0. The lowest BCUT2D eigenvalue weighted by Crippen LogP contribution is -2.32. The van der Waals surface area contributed by atoms with Crippen LogP contribution in [0.2, 0.25) is 0 Å². The minimum Gasteiger partial charge on any atom is -0.358 e. The number of nitrogens with one attached hydrogen (secondary N) is 2. The summed E-state index contributed by atoms with van der Waals surface area (Å²) in [6, 6.07) is 6.14. The van der Waals surface area contributed by atoms with Gasteiger partial charge < -0.3 is 10.3 Å². The molecule has 3 aromatic rings. The van der Waals surface area contributed by atoms with E-state index in [2.05, 4.69) is 46.2 Å². The summed E-state index contributed by atoms with van der Waals surface area (Å²) in [5.74, 6) is 0.784. The van der Waals surface area contributed by atoms with Crippen molar-refractivity contribution in [1.29, 1.82) is 0 Å².